The molecule has 0 heterocycles. The van der Waals surface area contributed by atoms with E-state index in [0.717, 1.165) is 16.3 Å². The smallest absolute Gasteiger partial charge is 0.153 e. The maximum Gasteiger partial charge on any atom is 0.153 e. The Kier molecular flexibility index (Phi) is 2.84. The Hall–Kier alpha value is -2.48. The van der Waals surface area contributed by atoms with Gasteiger partial charge < -0.3 is 0 Å². The van der Waals surface area contributed by atoms with E-state index < -0.39 is 5.82 Å². The molecule has 0 aliphatic rings. The minimum absolute atomic E-state index is 0.109. The van der Waals surface area contributed by atoms with Crippen LogP contribution in [0, 0.1) is 5.82 Å². The highest BCUT2D eigenvalue weighted by molar-refractivity contribution is 5.92. The van der Waals surface area contributed by atoms with Crippen molar-refractivity contribution >= 4 is 17.1 Å². The first kappa shape index (κ1) is 11.6. The van der Waals surface area contributed by atoms with Gasteiger partial charge in [0.15, 0.2) is 6.29 Å². The highest BCUT2D eigenvalue weighted by Gasteiger charge is 2.09. The first-order valence-electron chi connectivity index (χ1n) is 6.02. The first-order valence-corrected chi connectivity index (χ1v) is 6.02. The minimum Gasteiger partial charge on any atom is -0.298 e. The van der Waals surface area contributed by atoms with Crippen LogP contribution in [0.4, 0.5) is 4.39 Å². The zero-order valence-electron chi connectivity index (χ0n) is 10.1. The first-order chi connectivity index (χ1) is 9.29. The molecule has 2 heteroatoms. The Morgan fingerprint density at radius 1 is 0.842 bits per heavy atom. The van der Waals surface area contributed by atoms with E-state index in [-0.39, 0.29) is 5.56 Å². The number of carbonyl (C=O) groups is 1. The number of hydrogen-bond acceptors (Lipinski definition) is 1. The summed E-state index contributed by atoms with van der Waals surface area (Å²) in [7, 11) is 0. The van der Waals surface area contributed by atoms with Crippen LogP contribution in [0.3, 0.4) is 0 Å². The highest BCUT2D eigenvalue weighted by Crippen LogP contribution is 2.27. The molecule has 0 bridgehead atoms. The second kappa shape index (κ2) is 4.65. The van der Waals surface area contributed by atoms with Crippen LogP contribution in [-0.4, -0.2) is 6.29 Å². The van der Waals surface area contributed by atoms with E-state index >= 15 is 0 Å². The van der Waals surface area contributed by atoms with Gasteiger partial charge in [0.2, 0.25) is 0 Å². The van der Waals surface area contributed by atoms with E-state index in [9.17, 15) is 9.18 Å². The van der Waals surface area contributed by atoms with Crippen molar-refractivity contribution < 1.29 is 9.18 Å². The summed E-state index contributed by atoms with van der Waals surface area (Å²) in [5.41, 5.74) is 1.58. The third-order valence-corrected chi connectivity index (χ3v) is 3.23. The zero-order valence-corrected chi connectivity index (χ0v) is 10.1. The molecule has 0 N–H and O–H groups in total. The van der Waals surface area contributed by atoms with E-state index in [0.29, 0.717) is 11.8 Å². The van der Waals surface area contributed by atoms with E-state index in [1.54, 1.807) is 12.1 Å². The molecule has 0 spiro atoms. The van der Waals surface area contributed by atoms with Crippen molar-refractivity contribution in [1.29, 1.82) is 0 Å². The van der Waals surface area contributed by atoms with Crippen LogP contribution in [0.25, 0.3) is 21.9 Å². The lowest BCUT2D eigenvalue weighted by Crippen LogP contribution is -1.92. The number of halogens is 1. The maximum atomic E-state index is 13.6. The number of benzene rings is 3. The lowest BCUT2D eigenvalue weighted by Gasteiger charge is -2.07. The standard InChI is InChI=1S/C17H11FO/c18-17-7-3-6-15(16(17)11-19)14-9-8-12-4-1-2-5-13(12)10-14/h1-11H. The van der Waals surface area contributed by atoms with Gasteiger partial charge in [-0.05, 0) is 34.0 Å². The van der Waals surface area contributed by atoms with E-state index in [1.807, 2.05) is 42.5 Å². The molecule has 0 atom stereocenters. The highest BCUT2D eigenvalue weighted by atomic mass is 19.1. The number of fused-ring (bicyclic) bond motifs is 1. The molecule has 92 valence electrons. The van der Waals surface area contributed by atoms with E-state index in [1.165, 1.54) is 6.07 Å². The maximum absolute atomic E-state index is 13.6. The van der Waals surface area contributed by atoms with Crippen LogP contribution in [0.2, 0.25) is 0 Å². The molecule has 0 radical (unpaired) electrons. The second-order valence-corrected chi connectivity index (χ2v) is 4.38. The Labute approximate surface area is 110 Å². The van der Waals surface area contributed by atoms with Gasteiger partial charge in [-0.1, -0.05) is 48.5 Å². The molecule has 1 nitrogen and oxygen atoms in total. The van der Waals surface area contributed by atoms with E-state index in [2.05, 4.69) is 0 Å². The predicted molar refractivity (Wildman–Crippen MR) is 74.7 cm³/mol. The normalized spacial score (nSPS) is 10.6. The summed E-state index contributed by atoms with van der Waals surface area (Å²) in [6.07, 6.45) is 0.569. The van der Waals surface area contributed by atoms with Crippen LogP contribution in [0.1, 0.15) is 10.4 Å². The Morgan fingerprint density at radius 3 is 2.42 bits per heavy atom. The molecular weight excluding hydrogens is 239 g/mol. The minimum atomic E-state index is -0.486. The fourth-order valence-electron chi connectivity index (χ4n) is 2.27. The molecule has 3 rings (SSSR count). The fraction of sp³-hybridized carbons (Fsp3) is 0. The summed E-state index contributed by atoms with van der Waals surface area (Å²) in [5.74, 6) is -0.486. The quantitative estimate of drug-likeness (QED) is 0.614. The predicted octanol–water partition coefficient (Wildman–Crippen LogP) is 4.46. The third kappa shape index (κ3) is 2.02. The SMILES string of the molecule is O=Cc1c(F)cccc1-c1ccc2ccccc2c1. The lowest BCUT2D eigenvalue weighted by atomic mass is 9.97. The molecule has 0 amide bonds. The van der Waals surface area contributed by atoms with Crippen molar-refractivity contribution in [1.82, 2.24) is 0 Å². The van der Waals surface area contributed by atoms with Gasteiger partial charge in [0, 0.05) is 0 Å². The van der Waals surface area contributed by atoms with Crippen molar-refractivity contribution in [2.75, 3.05) is 0 Å². The van der Waals surface area contributed by atoms with Crippen LogP contribution in [-0.2, 0) is 0 Å². The molecule has 0 saturated heterocycles. The van der Waals surface area contributed by atoms with Gasteiger partial charge in [0.1, 0.15) is 5.82 Å². The lowest BCUT2D eigenvalue weighted by molar-refractivity contribution is 0.112. The molecule has 0 aliphatic heterocycles. The van der Waals surface area contributed by atoms with Gasteiger partial charge in [0.05, 0.1) is 5.56 Å². The summed E-state index contributed by atoms with van der Waals surface area (Å²) in [6.45, 7) is 0. The van der Waals surface area contributed by atoms with Gasteiger partial charge in [-0.2, -0.15) is 0 Å². The summed E-state index contributed by atoms with van der Waals surface area (Å²) in [5, 5.41) is 2.19. The fourth-order valence-corrected chi connectivity index (χ4v) is 2.27. The number of aldehydes is 1. The van der Waals surface area contributed by atoms with E-state index in [4.69, 9.17) is 0 Å². The van der Waals surface area contributed by atoms with Crippen LogP contribution < -0.4 is 0 Å². The molecule has 0 aliphatic carbocycles. The molecule has 3 aromatic rings. The van der Waals surface area contributed by atoms with Gasteiger partial charge in [-0.25, -0.2) is 4.39 Å². The number of hydrogen-bond donors (Lipinski definition) is 0. The summed E-state index contributed by atoms with van der Waals surface area (Å²) >= 11 is 0. The van der Waals surface area contributed by atoms with Crippen molar-refractivity contribution in [2.24, 2.45) is 0 Å². The van der Waals surface area contributed by atoms with Crippen molar-refractivity contribution in [2.45, 2.75) is 0 Å². The molecule has 0 aromatic heterocycles. The molecule has 3 aromatic carbocycles. The third-order valence-electron chi connectivity index (χ3n) is 3.23. The van der Waals surface area contributed by atoms with Gasteiger partial charge in [0.25, 0.3) is 0 Å². The second-order valence-electron chi connectivity index (χ2n) is 4.38. The van der Waals surface area contributed by atoms with Crippen LogP contribution in [0.5, 0.6) is 0 Å². The van der Waals surface area contributed by atoms with Gasteiger partial charge >= 0.3 is 0 Å². The van der Waals surface area contributed by atoms with Gasteiger partial charge in [-0.3, -0.25) is 4.79 Å². The zero-order chi connectivity index (χ0) is 13.2. The number of carbonyl (C=O) groups excluding carboxylic acids is 1. The largest absolute Gasteiger partial charge is 0.298 e. The molecular formula is C17H11FO. The molecule has 0 fully saturated rings. The van der Waals surface area contributed by atoms with Crippen LogP contribution in [0.15, 0.2) is 60.7 Å². The average molecular weight is 250 g/mol. The average Bonchev–Trinajstić information content (AvgIpc) is 2.46. The summed E-state index contributed by atoms with van der Waals surface area (Å²) < 4.78 is 13.6. The van der Waals surface area contributed by atoms with Crippen molar-refractivity contribution in [3.05, 3.63) is 72.0 Å². The molecule has 0 unspecified atom stereocenters. The Morgan fingerprint density at radius 2 is 1.63 bits per heavy atom. The topological polar surface area (TPSA) is 17.1 Å². The summed E-state index contributed by atoms with van der Waals surface area (Å²) in [6, 6.07) is 18.5. The number of rotatable bonds is 2. The molecule has 19 heavy (non-hydrogen) atoms. The van der Waals surface area contributed by atoms with Crippen LogP contribution >= 0.6 is 0 Å². The van der Waals surface area contributed by atoms with Crippen molar-refractivity contribution in [3.63, 3.8) is 0 Å². The monoisotopic (exact) mass is 250 g/mol. The Balaban J connectivity index is 2.24. The molecule has 0 saturated carbocycles. The van der Waals surface area contributed by atoms with Crippen molar-refractivity contribution in [3.8, 4) is 11.1 Å². The van der Waals surface area contributed by atoms with Gasteiger partial charge in [-0.15, -0.1) is 0 Å². The summed E-state index contributed by atoms with van der Waals surface area (Å²) in [4.78, 5) is 11.0. The Bertz CT molecular complexity index is 762.